The summed E-state index contributed by atoms with van der Waals surface area (Å²) in [6.45, 7) is 2.86. The Morgan fingerprint density at radius 3 is 2.52 bits per heavy atom. The Labute approximate surface area is 170 Å². The number of hydrazone groups is 1. The molecular weight excluding hydrogens is 366 g/mol. The third-order valence-electron chi connectivity index (χ3n) is 4.09. The minimum absolute atomic E-state index is 0.368. The first-order valence-corrected chi connectivity index (χ1v) is 9.29. The lowest BCUT2D eigenvalue weighted by molar-refractivity contribution is 0.0956. The predicted molar refractivity (Wildman–Crippen MR) is 114 cm³/mol. The van der Waals surface area contributed by atoms with Crippen molar-refractivity contribution in [2.75, 3.05) is 12.3 Å². The summed E-state index contributed by atoms with van der Waals surface area (Å²) in [4.78, 5) is 12.1. The number of amides is 1. The number of nitrogens with one attached hydrogen (secondary N) is 1. The first kappa shape index (κ1) is 19.9. The molecule has 0 atom stereocenters. The van der Waals surface area contributed by atoms with E-state index in [4.69, 9.17) is 15.2 Å². The molecule has 3 N–H and O–H groups in total. The fourth-order valence-corrected chi connectivity index (χ4v) is 2.66. The van der Waals surface area contributed by atoms with Gasteiger partial charge in [0.05, 0.1) is 18.4 Å². The molecule has 0 heterocycles. The van der Waals surface area contributed by atoms with Gasteiger partial charge in [-0.05, 0) is 48.4 Å². The summed E-state index contributed by atoms with van der Waals surface area (Å²) in [5, 5.41) is 4.01. The quantitative estimate of drug-likeness (QED) is 0.346. The van der Waals surface area contributed by atoms with Crippen molar-refractivity contribution in [3.05, 3.63) is 89.5 Å². The summed E-state index contributed by atoms with van der Waals surface area (Å²) in [6, 6.07) is 22.2. The van der Waals surface area contributed by atoms with Gasteiger partial charge in [0, 0.05) is 5.69 Å². The molecule has 0 aliphatic heterocycles. The molecule has 6 nitrogen and oxygen atoms in total. The monoisotopic (exact) mass is 389 g/mol. The number of nitrogen functional groups attached to an aromatic ring is 1. The fourth-order valence-electron chi connectivity index (χ4n) is 2.66. The van der Waals surface area contributed by atoms with Gasteiger partial charge in [0.2, 0.25) is 0 Å². The van der Waals surface area contributed by atoms with Crippen molar-refractivity contribution in [1.29, 1.82) is 0 Å². The van der Waals surface area contributed by atoms with Crippen molar-refractivity contribution >= 4 is 17.8 Å². The summed E-state index contributed by atoms with van der Waals surface area (Å²) in [7, 11) is 0. The van der Waals surface area contributed by atoms with E-state index < -0.39 is 0 Å². The number of para-hydroxylation sites is 1. The van der Waals surface area contributed by atoms with Crippen molar-refractivity contribution < 1.29 is 14.3 Å². The molecular formula is C23H23N3O3. The number of hydrogen-bond donors (Lipinski definition) is 2. The molecule has 0 radical (unpaired) electrons. The zero-order valence-corrected chi connectivity index (χ0v) is 16.2. The van der Waals surface area contributed by atoms with Crippen LogP contribution in [0.2, 0.25) is 0 Å². The molecule has 0 saturated carbocycles. The Balaban J connectivity index is 1.66. The van der Waals surface area contributed by atoms with E-state index in [1.54, 1.807) is 30.5 Å². The van der Waals surface area contributed by atoms with E-state index in [1.165, 1.54) is 0 Å². The number of carbonyl (C=O) groups excluding carboxylic acids is 1. The van der Waals surface area contributed by atoms with Crippen LogP contribution in [0.4, 0.5) is 5.69 Å². The highest BCUT2D eigenvalue weighted by molar-refractivity contribution is 5.99. The SMILES string of the molecule is CCOc1cc(/C=N\NC(=O)c2ccccc2N)ccc1OCc1ccccc1. The van der Waals surface area contributed by atoms with Crippen LogP contribution in [0.5, 0.6) is 11.5 Å². The standard InChI is InChI=1S/C23H23N3O3/c1-2-28-22-14-18(12-13-21(22)29-16-17-8-4-3-5-9-17)15-25-26-23(27)19-10-6-7-11-20(19)24/h3-15H,2,16,24H2,1H3,(H,26,27)/b25-15-. The molecule has 0 bridgehead atoms. The van der Waals surface area contributed by atoms with Crippen LogP contribution < -0.4 is 20.6 Å². The Morgan fingerprint density at radius 1 is 1.00 bits per heavy atom. The zero-order chi connectivity index (χ0) is 20.5. The largest absolute Gasteiger partial charge is 0.490 e. The summed E-state index contributed by atoms with van der Waals surface area (Å²) >= 11 is 0. The zero-order valence-electron chi connectivity index (χ0n) is 16.2. The van der Waals surface area contributed by atoms with E-state index in [9.17, 15) is 4.79 Å². The third kappa shape index (κ3) is 5.59. The van der Waals surface area contributed by atoms with Gasteiger partial charge in [-0.3, -0.25) is 4.79 Å². The number of nitrogens with two attached hydrogens (primary N) is 1. The van der Waals surface area contributed by atoms with Crippen molar-refractivity contribution in [3.63, 3.8) is 0 Å². The van der Waals surface area contributed by atoms with Crippen LogP contribution in [-0.4, -0.2) is 18.7 Å². The Hall–Kier alpha value is -3.80. The van der Waals surface area contributed by atoms with E-state index in [1.807, 2.05) is 55.5 Å². The molecule has 3 aromatic carbocycles. The number of anilines is 1. The van der Waals surface area contributed by atoms with Crippen molar-refractivity contribution in [2.45, 2.75) is 13.5 Å². The van der Waals surface area contributed by atoms with Gasteiger partial charge in [-0.15, -0.1) is 0 Å². The van der Waals surface area contributed by atoms with E-state index in [0.717, 1.165) is 11.1 Å². The van der Waals surface area contributed by atoms with Crippen LogP contribution in [0.3, 0.4) is 0 Å². The maximum atomic E-state index is 12.1. The van der Waals surface area contributed by atoms with Gasteiger partial charge >= 0.3 is 0 Å². The van der Waals surface area contributed by atoms with Gasteiger partial charge in [-0.1, -0.05) is 42.5 Å². The van der Waals surface area contributed by atoms with E-state index >= 15 is 0 Å². The molecule has 0 aromatic heterocycles. The predicted octanol–water partition coefficient (Wildman–Crippen LogP) is 4.01. The molecule has 0 aliphatic carbocycles. The van der Waals surface area contributed by atoms with E-state index in [2.05, 4.69) is 10.5 Å². The molecule has 0 aliphatic rings. The summed E-state index contributed by atoms with van der Waals surface area (Å²) in [5.74, 6) is 0.896. The summed E-state index contributed by atoms with van der Waals surface area (Å²) < 4.78 is 11.6. The minimum Gasteiger partial charge on any atom is -0.490 e. The van der Waals surface area contributed by atoms with Crippen LogP contribution in [0.15, 0.2) is 77.9 Å². The fraction of sp³-hybridized carbons (Fsp3) is 0.130. The summed E-state index contributed by atoms with van der Waals surface area (Å²) in [5.41, 5.74) is 10.9. The maximum absolute atomic E-state index is 12.1. The number of benzene rings is 3. The Morgan fingerprint density at radius 2 is 1.76 bits per heavy atom. The van der Waals surface area contributed by atoms with Gasteiger partial charge in [0.15, 0.2) is 11.5 Å². The number of nitrogens with zero attached hydrogens (tertiary/aromatic N) is 1. The number of ether oxygens (including phenoxy) is 2. The average Bonchev–Trinajstić information content (AvgIpc) is 2.74. The second-order valence-corrected chi connectivity index (χ2v) is 6.20. The molecule has 3 aromatic rings. The van der Waals surface area contributed by atoms with Crippen LogP contribution in [-0.2, 0) is 6.61 Å². The number of carbonyl (C=O) groups is 1. The molecule has 3 rings (SSSR count). The number of rotatable bonds is 8. The normalized spacial score (nSPS) is 10.7. The number of hydrogen-bond acceptors (Lipinski definition) is 5. The summed E-state index contributed by atoms with van der Waals surface area (Å²) in [6.07, 6.45) is 1.54. The molecule has 0 spiro atoms. The van der Waals surface area contributed by atoms with Crippen molar-refractivity contribution in [2.24, 2.45) is 5.10 Å². The highest BCUT2D eigenvalue weighted by Crippen LogP contribution is 2.28. The van der Waals surface area contributed by atoms with E-state index in [-0.39, 0.29) is 5.91 Å². The van der Waals surface area contributed by atoms with Gasteiger partial charge in [-0.2, -0.15) is 5.10 Å². The maximum Gasteiger partial charge on any atom is 0.273 e. The molecule has 29 heavy (non-hydrogen) atoms. The first-order chi connectivity index (χ1) is 14.2. The topological polar surface area (TPSA) is 85.9 Å². The van der Waals surface area contributed by atoms with E-state index in [0.29, 0.717) is 36.0 Å². The lowest BCUT2D eigenvalue weighted by Gasteiger charge is -2.12. The van der Waals surface area contributed by atoms with Crippen LogP contribution in [0.1, 0.15) is 28.4 Å². The van der Waals surface area contributed by atoms with Gasteiger partial charge in [-0.25, -0.2) is 5.43 Å². The average molecular weight is 389 g/mol. The lowest BCUT2D eigenvalue weighted by atomic mass is 10.2. The molecule has 0 fully saturated rings. The van der Waals surface area contributed by atoms with Gasteiger partial charge < -0.3 is 15.2 Å². The van der Waals surface area contributed by atoms with Crippen molar-refractivity contribution in [3.8, 4) is 11.5 Å². The Kier molecular flexibility index (Phi) is 6.84. The molecule has 148 valence electrons. The highest BCUT2D eigenvalue weighted by Gasteiger charge is 2.08. The second-order valence-electron chi connectivity index (χ2n) is 6.20. The van der Waals surface area contributed by atoms with Gasteiger partial charge in [0.1, 0.15) is 6.61 Å². The molecule has 0 saturated heterocycles. The van der Waals surface area contributed by atoms with Crippen molar-refractivity contribution in [1.82, 2.24) is 5.43 Å². The Bertz CT molecular complexity index is 988. The van der Waals surface area contributed by atoms with Crippen LogP contribution in [0.25, 0.3) is 0 Å². The van der Waals surface area contributed by atoms with Crippen LogP contribution >= 0.6 is 0 Å². The molecule has 6 heteroatoms. The lowest BCUT2D eigenvalue weighted by Crippen LogP contribution is -2.19. The highest BCUT2D eigenvalue weighted by atomic mass is 16.5. The van der Waals surface area contributed by atoms with Gasteiger partial charge in [0.25, 0.3) is 5.91 Å². The van der Waals surface area contributed by atoms with Crippen LogP contribution in [0, 0.1) is 0 Å². The first-order valence-electron chi connectivity index (χ1n) is 9.29. The smallest absolute Gasteiger partial charge is 0.273 e. The minimum atomic E-state index is -0.368. The second kappa shape index (κ2) is 9.94. The molecule has 1 amide bonds. The molecule has 0 unspecified atom stereocenters. The third-order valence-corrected chi connectivity index (χ3v) is 4.09.